The third-order valence-corrected chi connectivity index (χ3v) is 6.53. The topological polar surface area (TPSA) is 52.7 Å². The molecule has 2 amide bonds. The molecule has 0 aliphatic carbocycles. The summed E-state index contributed by atoms with van der Waals surface area (Å²) in [4.78, 5) is 28.8. The van der Waals surface area contributed by atoms with Crippen molar-refractivity contribution >= 4 is 17.5 Å². The Bertz CT molecular complexity index is 827. The lowest BCUT2D eigenvalue weighted by Gasteiger charge is -2.35. The van der Waals surface area contributed by atoms with Gasteiger partial charge in [0.15, 0.2) is 0 Å². The predicted molar refractivity (Wildman–Crippen MR) is 106 cm³/mol. The monoisotopic (exact) mass is 385 g/mol. The lowest BCUT2D eigenvalue weighted by Crippen LogP contribution is -2.49. The van der Waals surface area contributed by atoms with E-state index in [1.54, 1.807) is 4.90 Å². The molecule has 6 heteroatoms. The maximum Gasteiger partial charge on any atom is 0.255 e. The summed E-state index contributed by atoms with van der Waals surface area (Å²) >= 11 is 0. The summed E-state index contributed by atoms with van der Waals surface area (Å²) in [5, 5.41) is 2.73. The predicted octanol–water partition coefficient (Wildman–Crippen LogP) is 3.45. The molecule has 2 fully saturated rings. The van der Waals surface area contributed by atoms with E-state index in [1.165, 1.54) is 6.07 Å². The van der Waals surface area contributed by atoms with Crippen LogP contribution >= 0.6 is 0 Å². The van der Waals surface area contributed by atoms with Crippen LogP contribution in [-0.4, -0.2) is 35.8 Å². The normalized spacial score (nSPS) is 23.4. The molecule has 1 atom stereocenters. The van der Waals surface area contributed by atoms with Crippen LogP contribution in [0, 0.1) is 17.7 Å². The molecule has 0 radical (unpaired) electrons. The van der Waals surface area contributed by atoms with E-state index in [9.17, 15) is 14.0 Å². The second kappa shape index (κ2) is 7.22. The number of halogens is 1. The fraction of sp³-hybridized carbons (Fsp3) is 0.545. The average molecular weight is 385 g/mol. The van der Waals surface area contributed by atoms with E-state index < -0.39 is 6.04 Å². The van der Waals surface area contributed by atoms with Crippen molar-refractivity contribution in [3.05, 3.63) is 41.4 Å². The summed E-state index contributed by atoms with van der Waals surface area (Å²) in [6.45, 7) is 10.3. The summed E-state index contributed by atoms with van der Waals surface area (Å²) in [6, 6.07) is 2.66. The Morgan fingerprint density at radius 1 is 1.18 bits per heavy atom. The minimum absolute atomic E-state index is 0.200. The number of nitrogens with one attached hydrogen (secondary N) is 1. The fourth-order valence-corrected chi connectivity index (χ4v) is 4.71. The zero-order chi connectivity index (χ0) is 20.0. The molecule has 2 saturated heterocycles. The van der Waals surface area contributed by atoms with E-state index in [0.717, 1.165) is 31.5 Å². The lowest BCUT2D eigenvalue weighted by molar-refractivity contribution is -0.126. The van der Waals surface area contributed by atoms with E-state index in [2.05, 4.69) is 30.6 Å². The maximum absolute atomic E-state index is 14.9. The van der Waals surface area contributed by atoms with Crippen LogP contribution in [0.5, 0.6) is 0 Å². The highest BCUT2D eigenvalue weighted by molar-refractivity contribution is 6.02. The quantitative estimate of drug-likeness (QED) is 0.867. The zero-order valence-electron chi connectivity index (χ0n) is 16.6. The first-order chi connectivity index (χ1) is 13.3. The largest absolute Gasteiger partial charge is 0.369 e. The van der Waals surface area contributed by atoms with E-state index >= 15 is 0 Å². The number of rotatable bonds is 3. The minimum Gasteiger partial charge on any atom is -0.369 e. The van der Waals surface area contributed by atoms with Gasteiger partial charge in [-0.15, -0.1) is 0 Å². The molecule has 1 N–H and O–H groups in total. The van der Waals surface area contributed by atoms with Crippen molar-refractivity contribution in [2.45, 2.75) is 52.1 Å². The fourth-order valence-electron chi connectivity index (χ4n) is 4.71. The maximum atomic E-state index is 14.9. The smallest absolute Gasteiger partial charge is 0.255 e. The molecule has 0 aromatic heterocycles. The van der Waals surface area contributed by atoms with Gasteiger partial charge in [-0.2, -0.15) is 0 Å². The second-order valence-electron chi connectivity index (χ2n) is 8.61. The van der Waals surface area contributed by atoms with Gasteiger partial charge in [0.1, 0.15) is 11.9 Å². The molecule has 1 aromatic carbocycles. The van der Waals surface area contributed by atoms with Crippen LogP contribution < -0.4 is 10.2 Å². The molecule has 5 nitrogen and oxygen atoms in total. The number of benzene rings is 1. The molecule has 150 valence electrons. The number of hydrogen-bond donors (Lipinski definition) is 1. The molecule has 3 aliphatic rings. The highest BCUT2D eigenvalue weighted by Crippen LogP contribution is 2.35. The molecule has 0 bridgehead atoms. The summed E-state index contributed by atoms with van der Waals surface area (Å²) in [5.74, 6) is 0.528. The Morgan fingerprint density at radius 2 is 1.89 bits per heavy atom. The third kappa shape index (κ3) is 3.29. The van der Waals surface area contributed by atoms with Gasteiger partial charge in [0, 0.05) is 30.9 Å². The van der Waals surface area contributed by atoms with Crippen molar-refractivity contribution in [3.63, 3.8) is 0 Å². The van der Waals surface area contributed by atoms with Crippen molar-refractivity contribution in [1.82, 2.24) is 10.2 Å². The highest BCUT2D eigenvalue weighted by Gasteiger charge is 2.39. The number of anilines is 1. The number of carbonyl (C=O) groups is 2. The zero-order valence-corrected chi connectivity index (χ0v) is 16.6. The number of carbonyl (C=O) groups excluding carboxylic acids is 2. The molecule has 28 heavy (non-hydrogen) atoms. The molecule has 4 rings (SSSR count). The number of hydrogen-bond acceptors (Lipinski definition) is 3. The molecule has 0 saturated carbocycles. The Kier molecular flexibility index (Phi) is 4.89. The van der Waals surface area contributed by atoms with Gasteiger partial charge in [-0.25, -0.2) is 4.39 Å². The number of amides is 2. The van der Waals surface area contributed by atoms with E-state index in [4.69, 9.17) is 0 Å². The van der Waals surface area contributed by atoms with Gasteiger partial charge in [-0.05, 0) is 55.2 Å². The third-order valence-electron chi connectivity index (χ3n) is 6.53. The van der Waals surface area contributed by atoms with Crippen LogP contribution in [0.3, 0.4) is 0 Å². The van der Waals surface area contributed by atoms with Gasteiger partial charge in [0.05, 0.1) is 5.69 Å². The summed E-state index contributed by atoms with van der Waals surface area (Å²) in [7, 11) is 0. The SMILES string of the molecule is C=C1CCC(N2Cc3cc(N4CCC(C(C)C)CC4)c(F)cc3C2=O)C(=O)N1. The second-order valence-corrected chi connectivity index (χ2v) is 8.61. The van der Waals surface area contributed by atoms with Crippen molar-refractivity contribution in [3.8, 4) is 0 Å². The first-order valence-electron chi connectivity index (χ1n) is 10.2. The average Bonchev–Trinajstić information content (AvgIpc) is 2.97. The van der Waals surface area contributed by atoms with Crippen molar-refractivity contribution < 1.29 is 14.0 Å². The van der Waals surface area contributed by atoms with Gasteiger partial charge in [-0.3, -0.25) is 9.59 Å². The Balaban J connectivity index is 1.53. The Labute approximate surface area is 165 Å². The number of nitrogens with zero attached hydrogens (tertiary/aromatic N) is 2. The van der Waals surface area contributed by atoms with E-state index in [0.29, 0.717) is 48.2 Å². The van der Waals surface area contributed by atoms with E-state index in [1.807, 2.05) is 6.07 Å². The number of fused-ring (bicyclic) bond motifs is 1. The molecule has 3 aliphatic heterocycles. The molecular weight excluding hydrogens is 357 g/mol. The summed E-state index contributed by atoms with van der Waals surface area (Å²) in [6.07, 6.45) is 3.33. The molecular formula is C22H28FN3O2. The standard InChI is InChI=1S/C22H28FN3O2/c1-13(2)15-6-8-25(9-7-15)20-10-16-12-26(22(28)17(16)11-18(20)23)19-5-4-14(3)24-21(19)27/h10-11,13,15,19H,3-9,12H2,1-2H3,(H,24,27). The van der Waals surface area contributed by atoms with Gasteiger partial charge in [-0.1, -0.05) is 20.4 Å². The van der Waals surface area contributed by atoms with Crippen LogP contribution in [-0.2, 0) is 11.3 Å². The summed E-state index contributed by atoms with van der Waals surface area (Å²) < 4.78 is 14.9. The van der Waals surface area contributed by atoms with Gasteiger partial charge < -0.3 is 15.1 Å². The van der Waals surface area contributed by atoms with E-state index in [-0.39, 0.29) is 17.6 Å². The van der Waals surface area contributed by atoms with Gasteiger partial charge >= 0.3 is 0 Å². The van der Waals surface area contributed by atoms with Crippen LogP contribution in [0.4, 0.5) is 10.1 Å². The van der Waals surface area contributed by atoms with Crippen LogP contribution in [0.2, 0.25) is 0 Å². The molecule has 1 aromatic rings. The number of allylic oxidation sites excluding steroid dienone is 1. The number of piperidine rings is 2. The van der Waals surface area contributed by atoms with Gasteiger partial charge in [0.2, 0.25) is 5.91 Å². The lowest BCUT2D eigenvalue weighted by atomic mass is 9.86. The molecule has 3 heterocycles. The van der Waals surface area contributed by atoms with Crippen molar-refractivity contribution in [2.75, 3.05) is 18.0 Å². The van der Waals surface area contributed by atoms with Crippen LogP contribution in [0.15, 0.2) is 24.4 Å². The van der Waals surface area contributed by atoms with Gasteiger partial charge in [0.25, 0.3) is 5.91 Å². The Morgan fingerprint density at radius 3 is 2.54 bits per heavy atom. The first kappa shape index (κ1) is 19.0. The van der Waals surface area contributed by atoms with Crippen LogP contribution in [0.1, 0.15) is 55.5 Å². The van der Waals surface area contributed by atoms with Crippen LogP contribution in [0.25, 0.3) is 0 Å². The van der Waals surface area contributed by atoms with Crippen molar-refractivity contribution in [1.29, 1.82) is 0 Å². The highest BCUT2D eigenvalue weighted by atomic mass is 19.1. The molecule has 1 unspecified atom stereocenters. The van der Waals surface area contributed by atoms with Crippen molar-refractivity contribution in [2.24, 2.45) is 11.8 Å². The molecule has 0 spiro atoms. The summed E-state index contributed by atoms with van der Waals surface area (Å²) in [5.41, 5.74) is 2.46. The first-order valence-corrected chi connectivity index (χ1v) is 10.2. The Hall–Kier alpha value is -2.37. The minimum atomic E-state index is -0.515.